The quantitative estimate of drug-likeness (QED) is 0.671. The van der Waals surface area contributed by atoms with Gasteiger partial charge >= 0.3 is 12.1 Å². The fourth-order valence-corrected chi connectivity index (χ4v) is 3.26. The molecule has 0 bridgehead atoms. The lowest BCUT2D eigenvalue weighted by molar-refractivity contribution is -0.134. The van der Waals surface area contributed by atoms with Crippen LogP contribution in [0.15, 0.2) is 60.7 Å². The van der Waals surface area contributed by atoms with Crippen LogP contribution in [0, 0.1) is 0 Å². The molecule has 0 saturated carbocycles. The summed E-state index contributed by atoms with van der Waals surface area (Å²) in [6, 6.07) is 16.1. The topological polar surface area (TPSA) is 108 Å². The van der Waals surface area contributed by atoms with Crippen molar-refractivity contribution in [3.05, 3.63) is 71.8 Å². The zero-order valence-corrected chi connectivity index (χ0v) is 16.1. The van der Waals surface area contributed by atoms with Crippen molar-refractivity contribution in [3.8, 4) is 0 Å². The molecule has 0 radical (unpaired) electrons. The highest BCUT2D eigenvalue weighted by molar-refractivity contribution is 6.12. The fraction of sp³-hybridized carbons (Fsp3) is 0.238. The van der Waals surface area contributed by atoms with E-state index in [-0.39, 0.29) is 6.04 Å². The molecule has 0 aromatic heterocycles. The van der Waals surface area contributed by atoms with Crippen LogP contribution in [0.4, 0.5) is 9.59 Å². The van der Waals surface area contributed by atoms with Gasteiger partial charge in [0.15, 0.2) is 5.54 Å². The first-order valence-corrected chi connectivity index (χ1v) is 9.20. The van der Waals surface area contributed by atoms with E-state index in [0.29, 0.717) is 11.1 Å². The Balaban J connectivity index is 1.90. The van der Waals surface area contributed by atoms with E-state index < -0.39 is 36.0 Å². The molecule has 6 amide bonds. The molecule has 1 fully saturated rings. The SMILES string of the molecule is CC(C)NC(=O)NC(=O)CN1C(=O)NC(c2ccccc2)(c2ccccc2)C1=O. The number of amides is 6. The second-order valence-electron chi connectivity index (χ2n) is 6.98. The third-order valence-electron chi connectivity index (χ3n) is 4.49. The smallest absolute Gasteiger partial charge is 0.326 e. The van der Waals surface area contributed by atoms with Gasteiger partial charge in [-0.15, -0.1) is 0 Å². The second kappa shape index (κ2) is 8.14. The molecule has 150 valence electrons. The third-order valence-corrected chi connectivity index (χ3v) is 4.49. The second-order valence-corrected chi connectivity index (χ2v) is 6.98. The first-order chi connectivity index (χ1) is 13.8. The molecule has 1 aliphatic heterocycles. The Morgan fingerprint density at radius 2 is 1.48 bits per heavy atom. The van der Waals surface area contributed by atoms with Gasteiger partial charge in [0.1, 0.15) is 6.54 Å². The number of carbonyl (C=O) groups excluding carboxylic acids is 4. The van der Waals surface area contributed by atoms with Crippen LogP contribution >= 0.6 is 0 Å². The third kappa shape index (κ3) is 3.96. The highest BCUT2D eigenvalue weighted by atomic mass is 16.2. The van der Waals surface area contributed by atoms with Gasteiger partial charge in [-0.1, -0.05) is 60.7 Å². The molecule has 1 aliphatic rings. The lowest BCUT2D eigenvalue weighted by Gasteiger charge is -2.27. The van der Waals surface area contributed by atoms with Gasteiger partial charge in [0.25, 0.3) is 5.91 Å². The molecule has 0 aliphatic carbocycles. The molecule has 3 rings (SSSR count). The van der Waals surface area contributed by atoms with E-state index >= 15 is 0 Å². The summed E-state index contributed by atoms with van der Waals surface area (Å²) >= 11 is 0. The summed E-state index contributed by atoms with van der Waals surface area (Å²) in [6.07, 6.45) is 0. The molecule has 2 aromatic carbocycles. The normalized spacial score (nSPS) is 15.2. The number of rotatable bonds is 5. The largest absolute Gasteiger partial charge is 0.336 e. The molecule has 1 heterocycles. The fourth-order valence-electron chi connectivity index (χ4n) is 3.26. The number of nitrogens with one attached hydrogen (secondary N) is 3. The van der Waals surface area contributed by atoms with Crippen molar-refractivity contribution >= 4 is 23.9 Å². The van der Waals surface area contributed by atoms with Gasteiger partial charge < -0.3 is 10.6 Å². The molecule has 1 saturated heterocycles. The van der Waals surface area contributed by atoms with Crippen molar-refractivity contribution in [1.29, 1.82) is 0 Å². The zero-order valence-electron chi connectivity index (χ0n) is 16.1. The van der Waals surface area contributed by atoms with Gasteiger partial charge in [0.05, 0.1) is 0 Å². The van der Waals surface area contributed by atoms with Gasteiger partial charge in [0.2, 0.25) is 5.91 Å². The van der Waals surface area contributed by atoms with Gasteiger partial charge in [-0.3, -0.25) is 19.8 Å². The van der Waals surface area contributed by atoms with Crippen LogP contribution in [0.2, 0.25) is 0 Å². The minimum absolute atomic E-state index is 0.164. The molecule has 2 aromatic rings. The number of hydrogen-bond donors (Lipinski definition) is 3. The Morgan fingerprint density at radius 1 is 0.966 bits per heavy atom. The lowest BCUT2D eigenvalue weighted by Crippen LogP contribution is -2.48. The molecule has 0 unspecified atom stereocenters. The van der Waals surface area contributed by atoms with Crippen molar-refractivity contribution in [3.63, 3.8) is 0 Å². The summed E-state index contributed by atoms with van der Waals surface area (Å²) in [5.74, 6) is -1.34. The summed E-state index contributed by atoms with van der Waals surface area (Å²) in [5.41, 5.74) is -0.296. The van der Waals surface area contributed by atoms with E-state index in [2.05, 4.69) is 16.0 Å². The molecule has 0 spiro atoms. The molecule has 29 heavy (non-hydrogen) atoms. The van der Waals surface area contributed by atoms with E-state index in [1.54, 1.807) is 62.4 Å². The number of carbonyl (C=O) groups is 4. The van der Waals surface area contributed by atoms with Crippen molar-refractivity contribution in [1.82, 2.24) is 20.9 Å². The van der Waals surface area contributed by atoms with Crippen LogP contribution in [0.3, 0.4) is 0 Å². The predicted molar refractivity (Wildman–Crippen MR) is 106 cm³/mol. The molecule has 3 N–H and O–H groups in total. The zero-order chi connectivity index (χ0) is 21.0. The minimum atomic E-state index is -1.44. The van der Waals surface area contributed by atoms with Crippen molar-refractivity contribution in [2.45, 2.75) is 25.4 Å². The number of urea groups is 2. The Labute approximate surface area is 168 Å². The number of nitrogens with zero attached hydrogens (tertiary/aromatic N) is 1. The first kappa shape index (κ1) is 20.1. The van der Waals surface area contributed by atoms with Crippen molar-refractivity contribution in [2.24, 2.45) is 0 Å². The highest BCUT2D eigenvalue weighted by Gasteiger charge is 2.54. The first-order valence-electron chi connectivity index (χ1n) is 9.20. The van der Waals surface area contributed by atoms with E-state index in [4.69, 9.17) is 0 Å². The predicted octanol–water partition coefficient (Wildman–Crippen LogP) is 1.72. The highest BCUT2D eigenvalue weighted by Crippen LogP contribution is 2.35. The van der Waals surface area contributed by atoms with Crippen LogP contribution in [0.1, 0.15) is 25.0 Å². The van der Waals surface area contributed by atoms with Crippen LogP contribution in [0.25, 0.3) is 0 Å². The standard InChI is InChI=1S/C21H22N4O4/c1-14(2)22-19(28)23-17(26)13-25-18(27)21(24-20(25)29,15-9-5-3-6-10-15)16-11-7-4-8-12-16/h3-12,14H,13H2,1-2H3,(H,24,29)(H2,22,23,26,28). The molecule has 8 heteroatoms. The maximum atomic E-state index is 13.4. The summed E-state index contributed by atoms with van der Waals surface area (Å²) in [7, 11) is 0. The van der Waals surface area contributed by atoms with E-state index in [9.17, 15) is 19.2 Å². The molecule has 8 nitrogen and oxygen atoms in total. The summed E-state index contributed by atoms with van der Waals surface area (Å²) in [5, 5.41) is 7.38. The van der Waals surface area contributed by atoms with Crippen molar-refractivity contribution < 1.29 is 19.2 Å². The van der Waals surface area contributed by atoms with E-state index in [0.717, 1.165) is 4.90 Å². The molecule has 0 atom stereocenters. The number of hydrogen-bond acceptors (Lipinski definition) is 4. The lowest BCUT2D eigenvalue weighted by atomic mass is 9.82. The van der Waals surface area contributed by atoms with E-state index in [1.165, 1.54) is 0 Å². The minimum Gasteiger partial charge on any atom is -0.336 e. The Morgan fingerprint density at radius 3 is 1.97 bits per heavy atom. The Bertz CT molecular complexity index is 889. The van der Waals surface area contributed by atoms with Crippen LogP contribution in [-0.4, -0.2) is 41.4 Å². The van der Waals surface area contributed by atoms with Gasteiger partial charge in [-0.2, -0.15) is 0 Å². The summed E-state index contributed by atoms with van der Waals surface area (Å²) in [4.78, 5) is 50.8. The Hall–Kier alpha value is -3.68. The van der Waals surface area contributed by atoms with Gasteiger partial charge in [-0.05, 0) is 25.0 Å². The van der Waals surface area contributed by atoms with E-state index in [1.807, 2.05) is 12.1 Å². The maximum absolute atomic E-state index is 13.4. The molecular formula is C21H22N4O4. The van der Waals surface area contributed by atoms with Crippen LogP contribution in [0.5, 0.6) is 0 Å². The van der Waals surface area contributed by atoms with Gasteiger partial charge in [-0.25, -0.2) is 9.59 Å². The summed E-state index contributed by atoms with van der Waals surface area (Å²) < 4.78 is 0. The number of imide groups is 2. The molecular weight excluding hydrogens is 372 g/mol. The van der Waals surface area contributed by atoms with Crippen LogP contribution in [-0.2, 0) is 15.1 Å². The average Bonchev–Trinajstić information content (AvgIpc) is 2.94. The monoisotopic (exact) mass is 394 g/mol. The van der Waals surface area contributed by atoms with Gasteiger partial charge in [0, 0.05) is 6.04 Å². The summed E-state index contributed by atoms with van der Waals surface area (Å²) in [6.45, 7) is 2.92. The van der Waals surface area contributed by atoms with Crippen LogP contribution < -0.4 is 16.0 Å². The average molecular weight is 394 g/mol. The number of benzene rings is 2. The van der Waals surface area contributed by atoms with Crippen molar-refractivity contribution in [2.75, 3.05) is 6.54 Å². The maximum Gasteiger partial charge on any atom is 0.326 e. The Kier molecular flexibility index (Phi) is 5.63.